The molecule has 3 amide bonds. The van der Waals surface area contributed by atoms with Crippen LogP contribution in [0.25, 0.3) is 10.4 Å². The Kier molecular flexibility index (Phi) is 8.38. The average molecular weight is 566 g/mol. The number of aryl methyl sites for hydroxylation is 1. The topological polar surface area (TPSA) is 135 Å². The summed E-state index contributed by atoms with van der Waals surface area (Å²) in [6.07, 6.45) is 0.188. The van der Waals surface area contributed by atoms with Crippen molar-refractivity contribution in [2.24, 2.45) is 16.7 Å². The number of aliphatic hydroxyl groups excluding tert-OH is 1. The molecule has 0 bridgehead atoms. The molecular weight excluding hydrogens is 526 g/mol. The van der Waals surface area contributed by atoms with Crippen LogP contribution in [0.2, 0.25) is 0 Å². The van der Waals surface area contributed by atoms with Crippen LogP contribution in [0, 0.1) is 35.0 Å². The Bertz CT molecular complexity index is 1300. The number of hydrogen-bond donors (Lipinski definition) is 3. The largest absolute Gasteiger partial charge is 0.391 e. The van der Waals surface area contributed by atoms with Crippen molar-refractivity contribution in [3.05, 3.63) is 41.0 Å². The Hall–Kier alpha value is -3.29. The predicted octanol–water partition coefficient (Wildman–Crippen LogP) is 3.73. The van der Waals surface area contributed by atoms with Crippen LogP contribution in [0.3, 0.4) is 0 Å². The van der Waals surface area contributed by atoms with E-state index in [1.165, 1.54) is 4.90 Å². The van der Waals surface area contributed by atoms with Gasteiger partial charge in [0.2, 0.25) is 17.7 Å². The zero-order valence-corrected chi connectivity index (χ0v) is 24.8. The second-order valence-corrected chi connectivity index (χ2v) is 13.3. The molecule has 10 heteroatoms. The number of benzene rings is 1. The van der Waals surface area contributed by atoms with E-state index in [9.17, 15) is 24.8 Å². The maximum atomic E-state index is 13.8. The van der Waals surface area contributed by atoms with Crippen LogP contribution in [0.1, 0.15) is 71.2 Å². The van der Waals surface area contributed by atoms with Crippen molar-refractivity contribution in [3.8, 4) is 16.5 Å². The van der Waals surface area contributed by atoms with Gasteiger partial charge in [0.15, 0.2) is 0 Å². The van der Waals surface area contributed by atoms with Gasteiger partial charge in [-0.15, -0.1) is 11.3 Å². The summed E-state index contributed by atoms with van der Waals surface area (Å²) < 4.78 is 0. The molecule has 4 atom stereocenters. The standard InChI is InChI=1S/C30H39N5O4S/c1-17(2)23(19-7-9-20(10-8-19)24-18(3)32-16-40-24)33-26(37)22-13-21(36)14-35(22)27(38)25(29(4,5)6)34-28(39)30(15-31)11-12-30/h7-10,16-17,21-23,25,36H,11-14H2,1-6H3,(H,33,37)(H,34,39)/t21-,22?,23+,25-/m1/s1. The molecule has 1 saturated carbocycles. The first-order valence-electron chi connectivity index (χ1n) is 13.8. The van der Waals surface area contributed by atoms with Gasteiger partial charge in [-0.1, -0.05) is 58.9 Å². The Morgan fingerprint density at radius 3 is 2.33 bits per heavy atom. The third-order valence-corrected chi connectivity index (χ3v) is 8.87. The minimum Gasteiger partial charge on any atom is -0.391 e. The van der Waals surface area contributed by atoms with Gasteiger partial charge >= 0.3 is 0 Å². The van der Waals surface area contributed by atoms with E-state index in [0.29, 0.717) is 12.8 Å². The van der Waals surface area contributed by atoms with Crippen LogP contribution < -0.4 is 10.6 Å². The first-order chi connectivity index (χ1) is 18.8. The fraction of sp³-hybridized carbons (Fsp3) is 0.567. The molecule has 1 saturated heterocycles. The molecule has 3 N–H and O–H groups in total. The summed E-state index contributed by atoms with van der Waals surface area (Å²) in [6, 6.07) is 7.99. The third kappa shape index (κ3) is 6.06. The van der Waals surface area contributed by atoms with Crippen LogP contribution in [0.4, 0.5) is 0 Å². The molecule has 0 spiro atoms. The van der Waals surface area contributed by atoms with Crippen molar-refractivity contribution in [1.29, 1.82) is 5.26 Å². The average Bonchev–Trinajstić information content (AvgIpc) is 3.44. The summed E-state index contributed by atoms with van der Waals surface area (Å²) in [4.78, 5) is 47.2. The number of carbonyl (C=O) groups is 3. The quantitative estimate of drug-likeness (QED) is 0.446. The molecule has 2 heterocycles. The van der Waals surface area contributed by atoms with E-state index in [1.807, 2.05) is 71.3 Å². The van der Waals surface area contributed by atoms with Crippen molar-refractivity contribution in [2.75, 3.05) is 6.54 Å². The number of aromatic nitrogens is 1. The van der Waals surface area contributed by atoms with Crippen molar-refractivity contribution in [3.63, 3.8) is 0 Å². The van der Waals surface area contributed by atoms with E-state index < -0.39 is 40.8 Å². The third-order valence-electron chi connectivity index (χ3n) is 7.89. The molecule has 1 aromatic carbocycles. The maximum Gasteiger partial charge on any atom is 0.246 e. The Labute approximate surface area is 240 Å². The van der Waals surface area contributed by atoms with Gasteiger partial charge in [0.1, 0.15) is 17.5 Å². The molecule has 9 nitrogen and oxygen atoms in total. The van der Waals surface area contributed by atoms with Gasteiger partial charge in [-0.25, -0.2) is 4.98 Å². The maximum absolute atomic E-state index is 13.8. The van der Waals surface area contributed by atoms with Crippen LogP contribution in [-0.2, 0) is 14.4 Å². The van der Waals surface area contributed by atoms with Gasteiger partial charge in [-0.2, -0.15) is 5.26 Å². The van der Waals surface area contributed by atoms with Crippen LogP contribution in [0.5, 0.6) is 0 Å². The fourth-order valence-corrected chi connectivity index (χ4v) is 6.02. The molecule has 2 fully saturated rings. The molecule has 0 radical (unpaired) electrons. The van der Waals surface area contributed by atoms with Crippen LogP contribution in [-0.4, -0.2) is 57.4 Å². The SMILES string of the molecule is Cc1ncsc1-c1ccc([C@@H](NC(=O)C2C[C@@H](O)CN2C(=O)[C@@H](NC(=O)C2(C#N)CC2)C(C)(C)C)C(C)C)cc1. The van der Waals surface area contributed by atoms with Gasteiger partial charge < -0.3 is 20.6 Å². The number of nitrogens with zero attached hydrogens (tertiary/aromatic N) is 3. The number of hydrogen-bond acceptors (Lipinski definition) is 7. The predicted molar refractivity (Wildman–Crippen MR) is 153 cm³/mol. The molecule has 1 aliphatic carbocycles. The van der Waals surface area contributed by atoms with Gasteiger partial charge in [0, 0.05) is 13.0 Å². The highest BCUT2D eigenvalue weighted by molar-refractivity contribution is 7.13. The Balaban J connectivity index is 1.52. The zero-order chi connectivity index (χ0) is 29.4. The number of aliphatic hydroxyl groups is 1. The number of carbonyl (C=O) groups excluding carboxylic acids is 3. The first kappa shape index (κ1) is 29.7. The van der Waals surface area contributed by atoms with E-state index in [1.54, 1.807) is 11.3 Å². The van der Waals surface area contributed by atoms with E-state index in [2.05, 4.69) is 21.7 Å². The number of amides is 3. The van der Waals surface area contributed by atoms with E-state index in [-0.39, 0.29) is 30.8 Å². The normalized spacial score (nSPS) is 21.4. The highest BCUT2D eigenvalue weighted by Gasteiger charge is 2.53. The molecular formula is C30H39N5O4S. The smallest absolute Gasteiger partial charge is 0.246 e. The lowest BCUT2D eigenvalue weighted by Gasteiger charge is -2.36. The molecule has 1 unspecified atom stereocenters. The lowest BCUT2D eigenvalue weighted by Crippen LogP contribution is -2.58. The highest BCUT2D eigenvalue weighted by atomic mass is 32.1. The van der Waals surface area contributed by atoms with Gasteiger partial charge in [0.25, 0.3) is 0 Å². The number of β-amino-alcohol motifs (C(OH)–C–C–N with tert-alkyl or cyclic N) is 1. The molecule has 4 rings (SSSR count). The second kappa shape index (κ2) is 11.3. The van der Waals surface area contributed by atoms with Crippen LogP contribution in [0.15, 0.2) is 29.8 Å². The summed E-state index contributed by atoms with van der Waals surface area (Å²) in [5.74, 6) is -1.17. The van der Waals surface area contributed by atoms with Gasteiger partial charge in [0.05, 0.1) is 34.3 Å². The molecule has 40 heavy (non-hydrogen) atoms. The fourth-order valence-electron chi connectivity index (χ4n) is 5.21. The van der Waals surface area contributed by atoms with Gasteiger partial charge in [-0.3, -0.25) is 14.4 Å². The number of likely N-dealkylation sites (tertiary alicyclic amines) is 1. The lowest BCUT2D eigenvalue weighted by molar-refractivity contribution is -0.144. The number of thiazole rings is 1. The summed E-state index contributed by atoms with van der Waals surface area (Å²) in [6.45, 7) is 11.5. The lowest BCUT2D eigenvalue weighted by atomic mass is 9.85. The zero-order valence-electron chi connectivity index (χ0n) is 24.0. The van der Waals surface area contributed by atoms with Gasteiger partial charge in [-0.05, 0) is 42.2 Å². The monoisotopic (exact) mass is 565 g/mol. The Morgan fingerprint density at radius 2 is 1.82 bits per heavy atom. The van der Waals surface area contributed by atoms with Crippen LogP contribution >= 0.6 is 11.3 Å². The minimum absolute atomic E-state index is 0.00198. The first-order valence-corrected chi connectivity index (χ1v) is 14.7. The molecule has 1 aliphatic heterocycles. The summed E-state index contributed by atoms with van der Waals surface area (Å²) in [7, 11) is 0. The van der Waals surface area contributed by atoms with E-state index in [0.717, 1.165) is 21.7 Å². The van der Waals surface area contributed by atoms with Crippen molar-refractivity contribution in [2.45, 2.75) is 85.0 Å². The van der Waals surface area contributed by atoms with Crippen molar-refractivity contribution >= 4 is 29.1 Å². The summed E-state index contributed by atoms with van der Waals surface area (Å²) in [5.41, 5.74) is 3.04. The molecule has 214 valence electrons. The minimum atomic E-state index is -1.08. The van der Waals surface area contributed by atoms with Crippen molar-refractivity contribution < 1.29 is 19.5 Å². The summed E-state index contributed by atoms with van der Waals surface area (Å²) in [5, 5.41) is 25.9. The summed E-state index contributed by atoms with van der Waals surface area (Å²) >= 11 is 1.58. The van der Waals surface area contributed by atoms with E-state index in [4.69, 9.17) is 0 Å². The second-order valence-electron chi connectivity index (χ2n) is 12.5. The number of rotatable bonds is 8. The molecule has 1 aromatic heterocycles. The molecule has 2 aromatic rings. The number of nitriles is 1. The highest BCUT2D eigenvalue weighted by Crippen LogP contribution is 2.45. The molecule has 2 aliphatic rings. The Morgan fingerprint density at radius 1 is 1.18 bits per heavy atom. The van der Waals surface area contributed by atoms with E-state index >= 15 is 0 Å². The number of nitrogens with one attached hydrogen (secondary N) is 2. The van der Waals surface area contributed by atoms with Crippen molar-refractivity contribution in [1.82, 2.24) is 20.5 Å².